The van der Waals surface area contributed by atoms with Gasteiger partial charge in [-0.15, -0.1) is 0 Å². The summed E-state index contributed by atoms with van der Waals surface area (Å²) < 4.78 is 7.44. The number of fused-ring (bicyclic) bond motifs is 1. The maximum atomic E-state index is 10.4. The van der Waals surface area contributed by atoms with Crippen LogP contribution in [-0.4, -0.2) is 32.4 Å². The fourth-order valence-electron chi connectivity index (χ4n) is 2.56. The monoisotopic (exact) mass is 326 g/mol. The summed E-state index contributed by atoms with van der Waals surface area (Å²) in [5.74, 6) is 1.46. The van der Waals surface area contributed by atoms with Gasteiger partial charge in [-0.1, -0.05) is 12.1 Å². The number of hydrogen-bond acceptors (Lipinski definition) is 5. The summed E-state index contributed by atoms with van der Waals surface area (Å²) in [7, 11) is 0. The molecule has 6 nitrogen and oxygen atoms in total. The Hall–Kier alpha value is -2.60. The third-order valence-electron chi connectivity index (χ3n) is 3.59. The van der Waals surface area contributed by atoms with E-state index in [1.54, 1.807) is 16.9 Å². The van der Waals surface area contributed by atoms with Crippen molar-refractivity contribution in [2.75, 3.05) is 11.9 Å². The molecule has 0 unspecified atom stereocenters. The van der Waals surface area contributed by atoms with E-state index in [0.717, 1.165) is 22.5 Å². The fourth-order valence-corrected chi connectivity index (χ4v) is 2.56. The smallest absolute Gasteiger partial charge is 0.152 e. The number of benzene rings is 1. The number of nitrogens with zero attached hydrogens (tertiary/aromatic N) is 3. The molecule has 1 atom stereocenters. The number of hydrogen-bond donors (Lipinski definition) is 2. The predicted octanol–water partition coefficient (Wildman–Crippen LogP) is 2.97. The molecule has 0 radical (unpaired) electrons. The van der Waals surface area contributed by atoms with E-state index in [2.05, 4.69) is 15.4 Å². The van der Waals surface area contributed by atoms with Crippen LogP contribution in [0.1, 0.15) is 31.2 Å². The van der Waals surface area contributed by atoms with E-state index in [1.807, 2.05) is 51.1 Å². The van der Waals surface area contributed by atoms with Gasteiger partial charge in [-0.2, -0.15) is 5.10 Å². The Morgan fingerprint density at radius 3 is 2.92 bits per heavy atom. The van der Waals surface area contributed by atoms with Crippen molar-refractivity contribution in [3.8, 4) is 5.75 Å². The van der Waals surface area contributed by atoms with Crippen LogP contribution in [0.3, 0.4) is 0 Å². The maximum Gasteiger partial charge on any atom is 0.152 e. The topological polar surface area (TPSA) is 71.7 Å². The second-order valence-electron chi connectivity index (χ2n) is 6.03. The van der Waals surface area contributed by atoms with Crippen molar-refractivity contribution < 1.29 is 9.84 Å². The number of aliphatic hydroxyl groups is 1. The van der Waals surface area contributed by atoms with Crippen LogP contribution in [0.2, 0.25) is 0 Å². The van der Waals surface area contributed by atoms with Gasteiger partial charge in [0.25, 0.3) is 0 Å². The second-order valence-corrected chi connectivity index (χ2v) is 6.03. The van der Waals surface area contributed by atoms with Gasteiger partial charge in [-0.3, -0.25) is 0 Å². The molecule has 6 heteroatoms. The SMILES string of the molecule is Cc1cc2c(NC[C@H](O)c3cccc(OC(C)C)c3)nccn2n1. The third-order valence-corrected chi connectivity index (χ3v) is 3.59. The number of aliphatic hydroxyl groups excluding tert-OH is 1. The molecule has 3 aromatic rings. The zero-order chi connectivity index (χ0) is 17.1. The van der Waals surface area contributed by atoms with Gasteiger partial charge in [0.05, 0.1) is 17.9 Å². The minimum Gasteiger partial charge on any atom is -0.491 e. The summed E-state index contributed by atoms with van der Waals surface area (Å²) in [6.45, 7) is 6.24. The summed E-state index contributed by atoms with van der Waals surface area (Å²) in [6, 6.07) is 9.48. The van der Waals surface area contributed by atoms with Crippen LogP contribution in [0.15, 0.2) is 42.7 Å². The average molecular weight is 326 g/mol. The molecular formula is C18H22N4O2. The first-order valence-electron chi connectivity index (χ1n) is 8.02. The molecule has 2 N–H and O–H groups in total. The van der Waals surface area contributed by atoms with Crippen LogP contribution in [-0.2, 0) is 0 Å². The van der Waals surface area contributed by atoms with E-state index in [0.29, 0.717) is 12.4 Å². The van der Waals surface area contributed by atoms with Gasteiger partial charge in [0.15, 0.2) is 5.82 Å². The second kappa shape index (κ2) is 6.88. The lowest BCUT2D eigenvalue weighted by molar-refractivity contribution is 0.189. The molecule has 0 aliphatic heterocycles. The average Bonchev–Trinajstić information content (AvgIpc) is 2.93. The quantitative estimate of drug-likeness (QED) is 0.729. The van der Waals surface area contributed by atoms with E-state index in [1.165, 1.54) is 0 Å². The van der Waals surface area contributed by atoms with E-state index >= 15 is 0 Å². The van der Waals surface area contributed by atoms with Gasteiger partial charge in [0, 0.05) is 18.9 Å². The molecule has 0 saturated heterocycles. The Bertz CT molecular complexity index is 829. The van der Waals surface area contributed by atoms with Crippen molar-refractivity contribution in [1.82, 2.24) is 14.6 Å². The molecule has 0 fully saturated rings. The van der Waals surface area contributed by atoms with E-state index in [9.17, 15) is 5.11 Å². The van der Waals surface area contributed by atoms with Crippen molar-refractivity contribution in [3.63, 3.8) is 0 Å². The summed E-state index contributed by atoms with van der Waals surface area (Å²) in [6.07, 6.45) is 2.93. The van der Waals surface area contributed by atoms with Crippen LogP contribution < -0.4 is 10.1 Å². The molecular weight excluding hydrogens is 304 g/mol. The van der Waals surface area contributed by atoms with Gasteiger partial charge in [-0.25, -0.2) is 9.50 Å². The van der Waals surface area contributed by atoms with Crippen LogP contribution in [0.25, 0.3) is 5.52 Å². The number of ether oxygens (including phenoxy) is 1. The molecule has 2 aromatic heterocycles. The highest BCUT2D eigenvalue weighted by Crippen LogP contribution is 2.21. The van der Waals surface area contributed by atoms with E-state index in [4.69, 9.17) is 4.74 Å². The number of anilines is 1. The number of aromatic nitrogens is 3. The third kappa shape index (κ3) is 3.65. The van der Waals surface area contributed by atoms with Crippen molar-refractivity contribution in [3.05, 3.63) is 54.0 Å². The predicted molar refractivity (Wildman–Crippen MR) is 93.4 cm³/mol. The van der Waals surface area contributed by atoms with Crippen molar-refractivity contribution in [2.45, 2.75) is 33.0 Å². The Morgan fingerprint density at radius 1 is 1.29 bits per heavy atom. The Kier molecular flexibility index (Phi) is 4.66. The molecule has 1 aromatic carbocycles. The number of nitrogens with one attached hydrogen (secondary N) is 1. The van der Waals surface area contributed by atoms with Gasteiger partial charge >= 0.3 is 0 Å². The first-order chi connectivity index (χ1) is 11.5. The summed E-state index contributed by atoms with van der Waals surface area (Å²) in [5, 5.41) is 18.0. The van der Waals surface area contributed by atoms with Crippen LogP contribution in [0.4, 0.5) is 5.82 Å². The summed E-state index contributed by atoms with van der Waals surface area (Å²) in [4.78, 5) is 4.34. The van der Waals surface area contributed by atoms with Gasteiger partial charge in [-0.05, 0) is 44.5 Å². The van der Waals surface area contributed by atoms with Crippen LogP contribution in [0.5, 0.6) is 5.75 Å². The Morgan fingerprint density at radius 2 is 2.12 bits per heavy atom. The molecule has 0 aliphatic rings. The first kappa shape index (κ1) is 16.3. The summed E-state index contributed by atoms with van der Waals surface area (Å²) in [5.41, 5.74) is 2.61. The number of rotatable bonds is 6. The minimum atomic E-state index is -0.660. The standard InChI is InChI=1S/C18H22N4O2/c1-12(2)24-15-6-4-5-14(10-15)17(23)11-20-18-16-9-13(3)21-22(16)8-7-19-18/h4-10,12,17,23H,11H2,1-3H3,(H,19,20)/t17-/m0/s1. The van der Waals surface area contributed by atoms with Crippen molar-refractivity contribution >= 4 is 11.3 Å². The van der Waals surface area contributed by atoms with Gasteiger partial charge in [0.1, 0.15) is 11.3 Å². The Labute approximate surface area is 141 Å². The molecule has 0 aliphatic carbocycles. The molecule has 0 bridgehead atoms. The van der Waals surface area contributed by atoms with Crippen molar-refractivity contribution in [1.29, 1.82) is 0 Å². The largest absolute Gasteiger partial charge is 0.491 e. The first-order valence-corrected chi connectivity index (χ1v) is 8.02. The fraction of sp³-hybridized carbons (Fsp3) is 0.333. The van der Waals surface area contributed by atoms with Crippen molar-refractivity contribution in [2.24, 2.45) is 0 Å². The molecule has 126 valence electrons. The maximum absolute atomic E-state index is 10.4. The number of aryl methyl sites for hydroxylation is 1. The lowest BCUT2D eigenvalue weighted by atomic mass is 10.1. The van der Waals surface area contributed by atoms with E-state index in [-0.39, 0.29) is 6.10 Å². The minimum absolute atomic E-state index is 0.0995. The molecule has 0 saturated carbocycles. The molecule has 3 rings (SSSR count). The highest BCUT2D eigenvalue weighted by Gasteiger charge is 2.11. The highest BCUT2D eigenvalue weighted by molar-refractivity contribution is 5.67. The zero-order valence-corrected chi connectivity index (χ0v) is 14.1. The van der Waals surface area contributed by atoms with Crippen LogP contribution >= 0.6 is 0 Å². The van der Waals surface area contributed by atoms with Crippen LogP contribution in [0, 0.1) is 6.92 Å². The van der Waals surface area contributed by atoms with Gasteiger partial charge in [0.2, 0.25) is 0 Å². The highest BCUT2D eigenvalue weighted by atomic mass is 16.5. The lowest BCUT2D eigenvalue weighted by Crippen LogP contribution is -2.14. The summed E-state index contributed by atoms with van der Waals surface area (Å²) >= 11 is 0. The van der Waals surface area contributed by atoms with Gasteiger partial charge < -0.3 is 15.2 Å². The van der Waals surface area contributed by atoms with E-state index < -0.39 is 6.10 Å². The Balaban J connectivity index is 1.71. The lowest BCUT2D eigenvalue weighted by Gasteiger charge is -2.15. The normalized spacial score (nSPS) is 12.5. The molecule has 0 spiro atoms. The molecule has 2 heterocycles. The molecule has 24 heavy (non-hydrogen) atoms. The molecule has 0 amide bonds. The zero-order valence-electron chi connectivity index (χ0n) is 14.1.